The average Bonchev–Trinajstić information content (AvgIpc) is 2.56. The van der Waals surface area contributed by atoms with Gasteiger partial charge in [-0.15, -0.1) is 12.4 Å². The van der Waals surface area contributed by atoms with E-state index in [1.54, 1.807) is 19.1 Å². The maximum absolute atomic E-state index is 12.5. The minimum Gasteiger partial charge on any atom is -0.493 e. The lowest BCUT2D eigenvalue weighted by Gasteiger charge is -2.34. The monoisotopic (exact) mass is 357 g/mol. The highest BCUT2D eigenvalue weighted by molar-refractivity contribution is 5.85. The summed E-state index contributed by atoms with van der Waals surface area (Å²) in [6.45, 7) is 5.87. The zero-order chi connectivity index (χ0) is 16.8. The van der Waals surface area contributed by atoms with Gasteiger partial charge in [0.15, 0.2) is 11.5 Å². The van der Waals surface area contributed by atoms with Crippen molar-refractivity contribution >= 4 is 18.3 Å². The molecule has 0 spiro atoms. The number of halogens is 1. The number of carbonyl (C=O) groups excluding carboxylic acids is 1. The standard InChI is InChI=1S/C17H27N3O3.ClH/c1-13-10-18-8-9-20(13)12-16(21)19(2)11-14-6-5-7-15(22-3)17(14)23-4;/h5-7,13,18H,8-12H2,1-4H3;1H/t13-;/m1./s1. The summed E-state index contributed by atoms with van der Waals surface area (Å²) in [5, 5.41) is 3.34. The Balaban J connectivity index is 0.00000288. The van der Waals surface area contributed by atoms with Gasteiger partial charge in [0.05, 0.1) is 20.8 Å². The number of hydrogen-bond donors (Lipinski definition) is 1. The van der Waals surface area contributed by atoms with Gasteiger partial charge in [0.25, 0.3) is 0 Å². The molecule has 0 aromatic heterocycles. The van der Waals surface area contributed by atoms with Crippen molar-refractivity contribution in [1.82, 2.24) is 15.1 Å². The quantitative estimate of drug-likeness (QED) is 0.833. The number of ether oxygens (including phenoxy) is 2. The Kier molecular flexibility index (Phi) is 8.31. The number of nitrogens with zero attached hydrogens (tertiary/aromatic N) is 2. The first-order valence-electron chi connectivity index (χ1n) is 7.95. The van der Waals surface area contributed by atoms with Gasteiger partial charge in [-0.2, -0.15) is 0 Å². The molecule has 1 N–H and O–H groups in total. The van der Waals surface area contributed by atoms with Crippen LogP contribution in [0.5, 0.6) is 11.5 Å². The Morgan fingerprint density at radius 2 is 2.12 bits per heavy atom. The molecular weight excluding hydrogens is 330 g/mol. The molecule has 1 aromatic carbocycles. The third-order valence-electron chi connectivity index (χ3n) is 4.29. The van der Waals surface area contributed by atoms with Crippen LogP contribution in [0.1, 0.15) is 12.5 Å². The second kappa shape index (κ2) is 9.71. The summed E-state index contributed by atoms with van der Waals surface area (Å²) < 4.78 is 10.7. The Hall–Kier alpha value is -1.50. The molecular formula is C17H28ClN3O3. The number of likely N-dealkylation sites (N-methyl/N-ethyl adjacent to an activating group) is 1. The molecule has 0 aliphatic carbocycles. The fraction of sp³-hybridized carbons (Fsp3) is 0.588. The van der Waals surface area contributed by atoms with E-state index in [1.807, 2.05) is 25.2 Å². The van der Waals surface area contributed by atoms with E-state index in [0.29, 0.717) is 30.6 Å². The van der Waals surface area contributed by atoms with Crippen molar-refractivity contribution in [1.29, 1.82) is 0 Å². The summed E-state index contributed by atoms with van der Waals surface area (Å²) >= 11 is 0. The fourth-order valence-corrected chi connectivity index (χ4v) is 2.83. The fourth-order valence-electron chi connectivity index (χ4n) is 2.83. The lowest BCUT2D eigenvalue weighted by atomic mass is 10.1. The van der Waals surface area contributed by atoms with Crippen LogP contribution in [-0.4, -0.2) is 69.2 Å². The predicted molar refractivity (Wildman–Crippen MR) is 97.2 cm³/mol. The van der Waals surface area contributed by atoms with E-state index in [9.17, 15) is 4.79 Å². The molecule has 1 fully saturated rings. The van der Waals surface area contributed by atoms with E-state index in [2.05, 4.69) is 17.1 Å². The molecule has 1 aliphatic heterocycles. The van der Waals surface area contributed by atoms with Crippen LogP contribution in [-0.2, 0) is 11.3 Å². The molecule has 1 amide bonds. The highest BCUT2D eigenvalue weighted by Gasteiger charge is 2.22. The lowest BCUT2D eigenvalue weighted by Crippen LogP contribution is -2.52. The van der Waals surface area contributed by atoms with Crippen molar-refractivity contribution in [3.63, 3.8) is 0 Å². The first-order chi connectivity index (χ1) is 11.1. The van der Waals surface area contributed by atoms with Gasteiger partial charge >= 0.3 is 0 Å². The second-order valence-corrected chi connectivity index (χ2v) is 5.93. The zero-order valence-electron chi connectivity index (χ0n) is 14.9. The van der Waals surface area contributed by atoms with Gasteiger partial charge in [-0.05, 0) is 13.0 Å². The van der Waals surface area contributed by atoms with E-state index >= 15 is 0 Å². The van der Waals surface area contributed by atoms with E-state index in [1.165, 1.54) is 0 Å². The van der Waals surface area contributed by atoms with Crippen LogP contribution in [0.2, 0.25) is 0 Å². The van der Waals surface area contributed by atoms with Crippen molar-refractivity contribution in [2.75, 3.05) is 47.4 Å². The van der Waals surface area contributed by atoms with Crippen LogP contribution in [0.25, 0.3) is 0 Å². The number of amides is 1. The van der Waals surface area contributed by atoms with E-state index in [4.69, 9.17) is 9.47 Å². The molecule has 1 atom stereocenters. The summed E-state index contributed by atoms with van der Waals surface area (Å²) in [4.78, 5) is 16.5. The first kappa shape index (κ1) is 20.5. The molecule has 136 valence electrons. The van der Waals surface area contributed by atoms with Crippen LogP contribution in [0.15, 0.2) is 18.2 Å². The number of hydrogen-bond acceptors (Lipinski definition) is 5. The van der Waals surface area contributed by atoms with Crippen LogP contribution in [0.3, 0.4) is 0 Å². The molecule has 7 heteroatoms. The third-order valence-corrected chi connectivity index (χ3v) is 4.29. The largest absolute Gasteiger partial charge is 0.493 e. The maximum Gasteiger partial charge on any atom is 0.236 e. The molecule has 0 unspecified atom stereocenters. The lowest BCUT2D eigenvalue weighted by molar-refractivity contribution is -0.132. The van der Waals surface area contributed by atoms with Gasteiger partial charge in [-0.25, -0.2) is 0 Å². The molecule has 6 nitrogen and oxygen atoms in total. The Morgan fingerprint density at radius 1 is 1.38 bits per heavy atom. The van der Waals surface area contributed by atoms with Gasteiger partial charge in [-0.3, -0.25) is 9.69 Å². The molecule has 2 rings (SSSR count). The van der Waals surface area contributed by atoms with E-state index < -0.39 is 0 Å². The Labute approximate surface area is 150 Å². The number of carbonyl (C=O) groups is 1. The van der Waals surface area contributed by atoms with Crippen molar-refractivity contribution < 1.29 is 14.3 Å². The van der Waals surface area contributed by atoms with Crippen molar-refractivity contribution in [2.45, 2.75) is 19.5 Å². The van der Waals surface area contributed by atoms with E-state index in [0.717, 1.165) is 25.2 Å². The zero-order valence-corrected chi connectivity index (χ0v) is 15.7. The van der Waals surface area contributed by atoms with Gasteiger partial charge in [0.1, 0.15) is 0 Å². The highest BCUT2D eigenvalue weighted by atomic mass is 35.5. The number of piperazine rings is 1. The minimum absolute atomic E-state index is 0. The van der Waals surface area contributed by atoms with Gasteiger partial charge < -0.3 is 19.7 Å². The molecule has 1 saturated heterocycles. The van der Waals surface area contributed by atoms with E-state index in [-0.39, 0.29) is 18.3 Å². The Morgan fingerprint density at radius 3 is 2.75 bits per heavy atom. The maximum atomic E-state index is 12.5. The average molecular weight is 358 g/mol. The van der Waals surface area contributed by atoms with Crippen molar-refractivity contribution in [3.8, 4) is 11.5 Å². The topological polar surface area (TPSA) is 54.0 Å². The summed E-state index contributed by atoms with van der Waals surface area (Å²) in [7, 11) is 5.06. The van der Waals surface area contributed by atoms with Crippen molar-refractivity contribution in [2.24, 2.45) is 0 Å². The summed E-state index contributed by atoms with van der Waals surface area (Å²) in [6.07, 6.45) is 0. The number of para-hydroxylation sites is 1. The number of benzene rings is 1. The smallest absolute Gasteiger partial charge is 0.236 e. The van der Waals surface area contributed by atoms with Gasteiger partial charge in [0.2, 0.25) is 5.91 Å². The SMILES string of the molecule is COc1cccc(CN(C)C(=O)CN2CCNC[C@H]2C)c1OC.Cl. The number of rotatable bonds is 6. The highest BCUT2D eigenvalue weighted by Crippen LogP contribution is 2.31. The molecule has 1 aromatic rings. The normalized spacial score (nSPS) is 17.8. The molecule has 0 radical (unpaired) electrons. The minimum atomic E-state index is 0. The molecule has 0 saturated carbocycles. The van der Waals surface area contributed by atoms with Crippen LogP contribution in [0.4, 0.5) is 0 Å². The molecule has 1 aliphatic rings. The summed E-state index contributed by atoms with van der Waals surface area (Å²) in [6, 6.07) is 6.10. The summed E-state index contributed by atoms with van der Waals surface area (Å²) in [5.74, 6) is 1.48. The predicted octanol–water partition coefficient (Wildman–Crippen LogP) is 1.38. The van der Waals surface area contributed by atoms with Crippen molar-refractivity contribution in [3.05, 3.63) is 23.8 Å². The summed E-state index contributed by atoms with van der Waals surface area (Å²) in [5.41, 5.74) is 0.941. The third kappa shape index (κ3) is 5.00. The molecule has 1 heterocycles. The number of methoxy groups -OCH3 is 2. The number of nitrogens with one attached hydrogen (secondary N) is 1. The second-order valence-electron chi connectivity index (χ2n) is 5.93. The van der Waals surface area contributed by atoms with Gasteiger partial charge in [0, 0.05) is 44.8 Å². The first-order valence-corrected chi connectivity index (χ1v) is 7.95. The van der Waals surface area contributed by atoms with Crippen LogP contribution >= 0.6 is 12.4 Å². The molecule has 0 bridgehead atoms. The van der Waals surface area contributed by atoms with Crippen LogP contribution in [0, 0.1) is 0 Å². The Bertz CT molecular complexity index is 542. The van der Waals surface area contributed by atoms with Crippen LogP contribution < -0.4 is 14.8 Å². The molecule has 24 heavy (non-hydrogen) atoms. The van der Waals surface area contributed by atoms with Gasteiger partial charge in [-0.1, -0.05) is 12.1 Å².